The lowest BCUT2D eigenvalue weighted by molar-refractivity contribution is 0.506. The summed E-state index contributed by atoms with van der Waals surface area (Å²) in [5.74, 6) is -1.90. The van der Waals surface area contributed by atoms with Gasteiger partial charge in [-0.05, 0) is 18.0 Å². The molecule has 2 nitrogen and oxygen atoms in total. The Kier molecular flexibility index (Phi) is 2.31. The Morgan fingerprint density at radius 2 is 1.73 bits per heavy atom. The molecule has 0 heterocycles. The van der Waals surface area contributed by atoms with Crippen molar-refractivity contribution in [3.05, 3.63) is 23.8 Å². The molecule has 1 aromatic rings. The second-order valence-electron chi connectivity index (χ2n) is 1.92. The maximum atomic E-state index is 12.4. The zero-order valence-corrected chi connectivity index (χ0v) is 6.29. The molecule has 11 heavy (non-hydrogen) atoms. The summed E-state index contributed by atoms with van der Waals surface area (Å²) in [6, 6.07) is 1.87. The van der Waals surface area contributed by atoms with Crippen LogP contribution in [0.5, 0.6) is 0 Å². The summed E-state index contributed by atoms with van der Waals surface area (Å²) in [6.07, 6.45) is 0. The van der Waals surface area contributed by atoms with E-state index in [9.17, 15) is 8.78 Å². The second-order valence-corrected chi connectivity index (χ2v) is 2.60. The van der Waals surface area contributed by atoms with Crippen molar-refractivity contribution >= 4 is 17.6 Å². The Hall–Kier alpha value is -0.810. The number of benzene rings is 1. The highest BCUT2D eigenvalue weighted by molar-refractivity contribution is 7.97. The van der Waals surface area contributed by atoms with Crippen LogP contribution < -0.4 is 10.9 Å². The van der Waals surface area contributed by atoms with E-state index in [1.165, 1.54) is 0 Å². The largest absolute Gasteiger partial charge is 0.398 e. The highest BCUT2D eigenvalue weighted by Gasteiger charge is 2.05. The van der Waals surface area contributed by atoms with Crippen LogP contribution in [0.1, 0.15) is 0 Å². The zero-order valence-electron chi connectivity index (χ0n) is 5.47. The average molecular weight is 176 g/mol. The lowest BCUT2D eigenvalue weighted by Crippen LogP contribution is -1.94. The lowest BCUT2D eigenvalue weighted by Gasteiger charge is -2.01. The molecule has 0 aliphatic heterocycles. The van der Waals surface area contributed by atoms with Gasteiger partial charge in [0.05, 0.1) is 0 Å². The summed E-state index contributed by atoms with van der Waals surface area (Å²) in [7, 11) is 0. The van der Waals surface area contributed by atoms with Gasteiger partial charge in [-0.2, -0.15) is 0 Å². The molecule has 1 aromatic carbocycles. The Morgan fingerprint density at radius 3 is 2.27 bits per heavy atom. The van der Waals surface area contributed by atoms with E-state index in [4.69, 9.17) is 10.9 Å². The van der Waals surface area contributed by atoms with Crippen LogP contribution in [-0.2, 0) is 0 Å². The number of anilines is 1. The standard InChI is InChI=1S/C6H6F2N2S/c7-3-1-5(9)6(11-10)2-4(3)8/h1-2H,9-10H2. The second kappa shape index (κ2) is 3.06. The number of halogens is 2. The van der Waals surface area contributed by atoms with Gasteiger partial charge in [0.25, 0.3) is 0 Å². The van der Waals surface area contributed by atoms with Crippen molar-refractivity contribution in [1.29, 1.82) is 0 Å². The lowest BCUT2D eigenvalue weighted by atomic mass is 10.3. The topological polar surface area (TPSA) is 52.0 Å². The first-order valence-electron chi connectivity index (χ1n) is 2.76. The van der Waals surface area contributed by atoms with E-state index in [0.717, 1.165) is 24.1 Å². The molecule has 0 spiro atoms. The molecular formula is C6H6F2N2S. The average Bonchev–Trinajstić information content (AvgIpc) is 1.97. The van der Waals surface area contributed by atoms with Crippen molar-refractivity contribution in [2.75, 3.05) is 5.73 Å². The van der Waals surface area contributed by atoms with E-state index in [1.54, 1.807) is 0 Å². The Labute approximate surface area is 66.7 Å². The van der Waals surface area contributed by atoms with E-state index in [-0.39, 0.29) is 5.69 Å². The highest BCUT2D eigenvalue weighted by Crippen LogP contribution is 2.23. The van der Waals surface area contributed by atoms with Gasteiger partial charge in [-0.3, -0.25) is 5.14 Å². The quantitative estimate of drug-likeness (QED) is 0.503. The summed E-state index contributed by atoms with van der Waals surface area (Å²) in [4.78, 5) is 0.337. The molecule has 0 aliphatic rings. The van der Waals surface area contributed by atoms with Gasteiger partial charge < -0.3 is 5.73 Å². The fourth-order valence-corrected chi connectivity index (χ4v) is 1.01. The van der Waals surface area contributed by atoms with Gasteiger partial charge in [0.2, 0.25) is 0 Å². The molecule has 4 N–H and O–H groups in total. The van der Waals surface area contributed by atoms with Crippen molar-refractivity contribution in [3.8, 4) is 0 Å². The third-order valence-corrected chi connectivity index (χ3v) is 1.79. The molecule has 0 aromatic heterocycles. The molecule has 0 saturated heterocycles. The van der Waals surface area contributed by atoms with Gasteiger partial charge in [-0.1, -0.05) is 0 Å². The first-order valence-corrected chi connectivity index (χ1v) is 3.64. The molecule has 0 aliphatic carbocycles. The number of nitrogen functional groups attached to an aromatic ring is 1. The third-order valence-electron chi connectivity index (χ3n) is 1.18. The van der Waals surface area contributed by atoms with E-state index < -0.39 is 11.6 Å². The Bertz CT molecular complexity index is 278. The number of rotatable bonds is 1. The van der Waals surface area contributed by atoms with Crippen molar-refractivity contribution < 1.29 is 8.78 Å². The molecule has 0 atom stereocenters. The molecule has 0 amide bonds. The van der Waals surface area contributed by atoms with Crippen LogP contribution in [0.15, 0.2) is 17.0 Å². The minimum Gasteiger partial charge on any atom is -0.398 e. The fraction of sp³-hybridized carbons (Fsp3) is 0. The fourth-order valence-electron chi connectivity index (χ4n) is 0.646. The van der Waals surface area contributed by atoms with Crippen molar-refractivity contribution in [1.82, 2.24) is 0 Å². The third kappa shape index (κ3) is 1.61. The maximum Gasteiger partial charge on any atom is 0.160 e. The molecule has 60 valence electrons. The van der Waals surface area contributed by atoms with Crippen LogP contribution in [0.25, 0.3) is 0 Å². The Balaban J connectivity index is 3.21. The molecule has 0 saturated carbocycles. The minimum atomic E-state index is -0.958. The molecule has 0 fully saturated rings. The van der Waals surface area contributed by atoms with Crippen molar-refractivity contribution in [2.45, 2.75) is 4.90 Å². The highest BCUT2D eigenvalue weighted by atomic mass is 32.2. The van der Waals surface area contributed by atoms with Gasteiger partial charge in [-0.15, -0.1) is 0 Å². The molecule has 5 heteroatoms. The van der Waals surface area contributed by atoms with Crippen LogP contribution in [-0.4, -0.2) is 0 Å². The molecular weight excluding hydrogens is 170 g/mol. The molecule has 0 radical (unpaired) electrons. The maximum absolute atomic E-state index is 12.4. The summed E-state index contributed by atoms with van der Waals surface area (Å²) < 4.78 is 24.8. The first kappa shape index (κ1) is 8.29. The predicted octanol–water partition coefficient (Wildman–Crippen LogP) is 1.51. The van der Waals surface area contributed by atoms with Crippen LogP contribution in [0, 0.1) is 11.6 Å². The van der Waals surface area contributed by atoms with E-state index in [2.05, 4.69) is 0 Å². The van der Waals surface area contributed by atoms with Crippen LogP contribution >= 0.6 is 11.9 Å². The molecule has 0 unspecified atom stereocenters. The SMILES string of the molecule is NSc1cc(F)c(F)cc1N. The van der Waals surface area contributed by atoms with E-state index >= 15 is 0 Å². The van der Waals surface area contributed by atoms with Gasteiger partial charge in [-0.25, -0.2) is 8.78 Å². The first-order chi connectivity index (χ1) is 5.15. The normalized spacial score (nSPS) is 10.1. The predicted molar refractivity (Wildman–Crippen MR) is 40.8 cm³/mol. The van der Waals surface area contributed by atoms with E-state index in [1.807, 2.05) is 0 Å². The summed E-state index contributed by atoms with van der Waals surface area (Å²) in [5, 5.41) is 5.12. The monoisotopic (exact) mass is 176 g/mol. The summed E-state index contributed by atoms with van der Waals surface area (Å²) >= 11 is 0.787. The van der Waals surface area contributed by atoms with Crippen LogP contribution in [0.4, 0.5) is 14.5 Å². The zero-order chi connectivity index (χ0) is 8.43. The van der Waals surface area contributed by atoms with Crippen LogP contribution in [0.2, 0.25) is 0 Å². The Morgan fingerprint density at radius 1 is 1.18 bits per heavy atom. The van der Waals surface area contributed by atoms with Crippen LogP contribution in [0.3, 0.4) is 0 Å². The van der Waals surface area contributed by atoms with Crippen molar-refractivity contribution in [2.24, 2.45) is 5.14 Å². The minimum absolute atomic E-state index is 0.149. The number of nitrogens with two attached hydrogens (primary N) is 2. The number of hydrogen-bond acceptors (Lipinski definition) is 3. The smallest absolute Gasteiger partial charge is 0.160 e. The molecule has 1 rings (SSSR count). The van der Waals surface area contributed by atoms with E-state index in [0.29, 0.717) is 4.90 Å². The van der Waals surface area contributed by atoms with Crippen molar-refractivity contribution in [3.63, 3.8) is 0 Å². The summed E-state index contributed by atoms with van der Waals surface area (Å²) in [6.45, 7) is 0. The van der Waals surface area contributed by atoms with Gasteiger partial charge in [0, 0.05) is 16.6 Å². The molecule has 0 bridgehead atoms. The van der Waals surface area contributed by atoms with Gasteiger partial charge in [0.15, 0.2) is 11.6 Å². The summed E-state index contributed by atoms with van der Waals surface area (Å²) in [5.41, 5.74) is 5.44. The van der Waals surface area contributed by atoms with Gasteiger partial charge in [0.1, 0.15) is 0 Å². The number of hydrogen-bond donors (Lipinski definition) is 2. The van der Waals surface area contributed by atoms with Gasteiger partial charge >= 0.3 is 0 Å².